The Balaban J connectivity index is 0.000000134. The Bertz CT molecular complexity index is 4690. The van der Waals surface area contributed by atoms with Crippen LogP contribution in [0.25, 0.3) is 33.4 Å². The van der Waals surface area contributed by atoms with E-state index in [0.717, 1.165) is 144 Å². The highest BCUT2D eigenvalue weighted by Gasteiger charge is 2.50. The maximum Gasteiger partial charge on any atom is 0.261 e. The number of ether oxygens (including phenoxy) is 6. The van der Waals surface area contributed by atoms with Gasteiger partial charge in [0.25, 0.3) is 9.05 Å². The molecular weight excluding hydrogens is 1400 g/mol. The van der Waals surface area contributed by atoms with Crippen LogP contribution in [-0.4, -0.2) is 70.1 Å². The van der Waals surface area contributed by atoms with E-state index in [0.29, 0.717) is 44.0 Å². The number of pyridine rings is 3. The lowest BCUT2D eigenvalue weighted by molar-refractivity contribution is -0.114. The van der Waals surface area contributed by atoms with Gasteiger partial charge in [-0.15, -0.1) is 0 Å². The average molecular weight is 1470 g/mol. The second-order valence-electron chi connectivity index (χ2n) is 25.8. The highest BCUT2D eigenvalue weighted by molar-refractivity contribution is 8.13. The Morgan fingerprint density at radius 3 is 1.07 bits per heavy atom. The average Bonchev–Trinajstić information content (AvgIpc) is 1.60. The van der Waals surface area contributed by atoms with Gasteiger partial charge in [-0.25, -0.2) is 30.4 Å². The summed E-state index contributed by atoms with van der Waals surface area (Å²) in [5.41, 5.74) is 9.22. The van der Waals surface area contributed by atoms with E-state index in [9.17, 15) is 30.0 Å². The van der Waals surface area contributed by atoms with Crippen LogP contribution in [0.1, 0.15) is 117 Å². The molecule has 24 heteroatoms. The van der Waals surface area contributed by atoms with Crippen LogP contribution < -0.4 is 19.3 Å². The summed E-state index contributed by atoms with van der Waals surface area (Å²) in [5.74, 6) is 1.62. The number of ketones is 1. The molecule has 9 aromatic rings. The topological polar surface area (TPSA) is 240 Å². The van der Waals surface area contributed by atoms with Crippen molar-refractivity contribution < 1.29 is 58.5 Å². The molecule has 6 aromatic carbocycles. The summed E-state index contributed by atoms with van der Waals surface area (Å²) in [5, 5.41) is 6.54. The Labute approximate surface area is 595 Å². The van der Waals surface area contributed by atoms with Crippen LogP contribution >= 0.6 is 45.5 Å². The van der Waals surface area contributed by atoms with Crippen molar-refractivity contribution in [3.05, 3.63) is 231 Å². The standard InChI is InChI=1S/C27H26ClNO5S.C24H21Cl2NO4S.C24H23ClN2O4S/c1-18(30)17-35(31,32)21-8-9-25(28)19(14-21)16-33-27(11-12-27)24-15-29-13-10-22(24)23-4-2-3-5-26(23)34-20-6-7-20;2*25-22-8-7-18(32(26,28)29)13-16(22)15-30-24(10-11-24)21-14-27-12-9-19(21)20-3-1-2-4-23(20)31-17-5-6-17/h2-5,8-10,13-15,20H,6-7,11-12,16-17H2,1H3;1-4,7-9,12-14,17H,5-6,10-11,15H2;1-4,7-9,12-14,17H,5-6,10-11,15H2,(H2,26,28,29). The molecule has 0 spiro atoms. The third-order valence-corrected chi connectivity index (χ3v) is 23.1. The van der Waals surface area contributed by atoms with Gasteiger partial charge in [-0.1, -0.05) is 89.4 Å². The van der Waals surface area contributed by atoms with Gasteiger partial charge in [-0.05, 0) is 208 Å². The Morgan fingerprint density at radius 1 is 0.444 bits per heavy atom. The van der Waals surface area contributed by atoms with Crippen molar-refractivity contribution in [1.29, 1.82) is 0 Å². The molecule has 0 atom stereocenters. The fourth-order valence-corrected chi connectivity index (χ4v) is 15.0. The lowest BCUT2D eigenvalue weighted by atomic mass is 9.96. The summed E-state index contributed by atoms with van der Waals surface area (Å²) in [6.07, 6.45) is 23.2. The van der Waals surface area contributed by atoms with Crippen LogP contribution in [0.15, 0.2) is 197 Å². The first-order valence-electron chi connectivity index (χ1n) is 32.6. The summed E-state index contributed by atoms with van der Waals surface area (Å²) in [6.45, 7) is 1.72. The zero-order chi connectivity index (χ0) is 69.3. The molecule has 6 fully saturated rings. The quantitative estimate of drug-likeness (QED) is 0.0496. The van der Waals surface area contributed by atoms with Crippen molar-refractivity contribution in [2.45, 2.75) is 154 Å². The van der Waals surface area contributed by atoms with E-state index in [2.05, 4.69) is 27.1 Å². The van der Waals surface area contributed by atoms with Gasteiger partial charge in [0.1, 0.15) is 28.8 Å². The fourth-order valence-electron chi connectivity index (χ4n) is 11.8. The second-order valence-corrected chi connectivity index (χ2v) is 33.1. The third kappa shape index (κ3) is 17.0. The van der Waals surface area contributed by atoms with Crippen LogP contribution in [0.2, 0.25) is 15.1 Å². The Kier molecular flexibility index (Phi) is 20.5. The van der Waals surface area contributed by atoms with E-state index < -0.39 is 57.3 Å². The van der Waals surface area contributed by atoms with Crippen LogP contribution in [0, 0.1) is 0 Å². The number of sulfone groups is 1. The van der Waals surface area contributed by atoms with Crippen molar-refractivity contribution in [1.82, 2.24) is 15.0 Å². The number of sulfonamides is 1. The van der Waals surface area contributed by atoms with Gasteiger partial charge in [0.05, 0.1) is 69.6 Å². The molecule has 15 rings (SSSR count). The zero-order valence-electron chi connectivity index (χ0n) is 53.8. The summed E-state index contributed by atoms with van der Waals surface area (Å²) >= 11 is 19.0. The van der Waals surface area contributed by atoms with Crippen molar-refractivity contribution in [3.63, 3.8) is 0 Å². The molecule has 6 aliphatic rings. The van der Waals surface area contributed by atoms with E-state index in [-0.39, 0.29) is 40.6 Å². The number of primary sulfonamides is 1. The van der Waals surface area contributed by atoms with Gasteiger partial charge in [0.15, 0.2) is 9.84 Å². The lowest BCUT2D eigenvalue weighted by Crippen LogP contribution is -2.15. The van der Waals surface area contributed by atoms with Crippen molar-refractivity contribution >= 4 is 80.2 Å². The van der Waals surface area contributed by atoms with E-state index in [4.69, 9.17) is 79.0 Å². The van der Waals surface area contributed by atoms with Gasteiger partial charge in [-0.3, -0.25) is 19.7 Å². The van der Waals surface area contributed by atoms with Crippen LogP contribution in [0.4, 0.5) is 0 Å². The summed E-state index contributed by atoms with van der Waals surface area (Å²) in [6, 6.07) is 43.2. The van der Waals surface area contributed by atoms with Crippen LogP contribution in [0.5, 0.6) is 17.2 Å². The van der Waals surface area contributed by atoms with Gasteiger partial charge in [0.2, 0.25) is 10.0 Å². The minimum Gasteiger partial charge on any atom is -0.490 e. The molecule has 6 saturated carbocycles. The Morgan fingerprint density at radius 2 is 0.758 bits per heavy atom. The molecule has 0 saturated heterocycles. The monoisotopic (exact) mass is 1470 g/mol. The molecule has 0 amide bonds. The minimum absolute atomic E-state index is 0.000215. The van der Waals surface area contributed by atoms with E-state index in [1.54, 1.807) is 18.6 Å². The molecule has 0 bridgehead atoms. The predicted molar refractivity (Wildman–Crippen MR) is 379 cm³/mol. The number of para-hydroxylation sites is 3. The number of aromatic nitrogens is 3. The first-order valence-corrected chi connectivity index (χ1v) is 39.2. The van der Waals surface area contributed by atoms with Gasteiger partial charge in [-0.2, -0.15) is 0 Å². The molecular formula is C75H70Cl4N4O13S3. The van der Waals surface area contributed by atoms with Crippen LogP contribution in [0.3, 0.4) is 0 Å². The number of hydrogen-bond donors (Lipinski definition) is 1. The summed E-state index contributed by atoms with van der Waals surface area (Å²) in [4.78, 5) is 24.6. The summed E-state index contributed by atoms with van der Waals surface area (Å²) < 4.78 is 109. The number of Topliss-reactive ketones (excluding diaryl/α,β-unsaturated/α-hetero) is 1. The number of hydrogen-bond acceptors (Lipinski definition) is 16. The number of nitrogens with zero attached hydrogens (tertiary/aromatic N) is 3. The zero-order valence-corrected chi connectivity index (χ0v) is 59.3. The highest BCUT2D eigenvalue weighted by atomic mass is 35.7. The van der Waals surface area contributed by atoms with Gasteiger partial charge in [0, 0.05) is 96.3 Å². The number of carbonyl (C=O) groups excluding carboxylic acids is 1. The maximum absolute atomic E-state index is 12.5. The molecule has 514 valence electrons. The van der Waals surface area contributed by atoms with Crippen molar-refractivity contribution in [2.24, 2.45) is 5.14 Å². The molecule has 99 heavy (non-hydrogen) atoms. The molecule has 0 unspecified atom stereocenters. The number of rotatable bonds is 26. The SMILES string of the molecule is CC(=O)CS(=O)(=O)c1ccc(Cl)c(COC2(c3cnccc3-c3ccccc3OC3CC3)CC2)c1.NS(=O)(=O)c1ccc(Cl)c(COC2(c3cnccc3-c3ccccc3OC3CC3)CC2)c1.O=S(=O)(Cl)c1ccc(Cl)c(COC2(c3cnccc3-c3ccccc3OC3CC3)CC2)c1. The van der Waals surface area contributed by atoms with Crippen molar-refractivity contribution in [3.8, 4) is 50.6 Å². The third-order valence-electron chi connectivity index (χ3n) is 18.0. The lowest BCUT2D eigenvalue weighted by Gasteiger charge is -2.22. The molecule has 0 radical (unpaired) electrons. The molecule has 3 heterocycles. The first-order chi connectivity index (χ1) is 47.5. The second kappa shape index (κ2) is 29.0. The van der Waals surface area contributed by atoms with Crippen LogP contribution in [-0.2, 0) is 84.5 Å². The molecule has 3 aromatic heterocycles. The normalized spacial score (nSPS) is 17.0. The number of nitrogens with two attached hydrogens (primary N) is 1. The summed E-state index contributed by atoms with van der Waals surface area (Å²) in [7, 11) is -5.91. The minimum atomic E-state index is -3.85. The van der Waals surface area contributed by atoms with Gasteiger partial charge < -0.3 is 28.4 Å². The van der Waals surface area contributed by atoms with E-state index in [1.807, 2.05) is 97.5 Å². The van der Waals surface area contributed by atoms with E-state index in [1.165, 1.54) is 61.5 Å². The predicted octanol–water partition coefficient (Wildman–Crippen LogP) is 16.4. The molecule has 17 nitrogen and oxygen atoms in total. The number of benzene rings is 6. The fraction of sp³-hybridized carbons (Fsp3) is 0.307. The molecule has 6 aliphatic carbocycles. The largest absolute Gasteiger partial charge is 0.490 e. The Hall–Kier alpha value is -7.31. The van der Waals surface area contributed by atoms with E-state index >= 15 is 0 Å². The molecule has 0 aliphatic heterocycles. The number of halogens is 4. The van der Waals surface area contributed by atoms with Crippen molar-refractivity contribution in [2.75, 3.05) is 5.75 Å². The first kappa shape index (κ1) is 70.1. The highest BCUT2D eigenvalue weighted by Crippen LogP contribution is 2.56. The van der Waals surface area contributed by atoms with Gasteiger partial charge >= 0.3 is 0 Å². The molecule has 2 N–H and O–H groups in total. The maximum atomic E-state index is 12.5. The number of carbonyl (C=O) groups is 1. The smallest absolute Gasteiger partial charge is 0.261 e.